The number of benzene rings is 2. The number of carbonyl (C=O) groups is 1. The lowest BCUT2D eigenvalue weighted by Gasteiger charge is -2.33. The summed E-state index contributed by atoms with van der Waals surface area (Å²) < 4.78 is 43.5. The van der Waals surface area contributed by atoms with Crippen molar-refractivity contribution in [3.05, 3.63) is 61.0 Å². The Kier molecular flexibility index (Phi) is 6.87. The second-order valence-electron chi connectivity index (χ2n) is 7.19. The number of amides is 1. The molecule has 0 bridgehead atoms. The van der Waals surface area contributed by atoms with Crippen molar-refractivity contribution in [3.8, 4) is 0 Å². The monoisotopic (exact) mass is 542 g/mol. The van der Waals surface area contributed by atoms with Crippen LogP contribution in [0.15, 0.2) is 34.8 Å². The first-order chi connectivity index (χ1) is 13.9. The second kappa shape index (κ2) is 8.77. The molecule has 2 aromatic carbocycles. The molecule has 0 saturated carbocycles. The highest BCUT2D eigenvalue weighted by Crippen LogP contribution is 2.50. The molecule has 1 saturated heterocycles. The van der Waals surface area contributed by atoms with Gasteiger partial charge in [-0.25, -0.2) is 0 Å². The van der Waals surface area contributed by atoms with E-state index in [1.54, 1.807) is 23.1 Å². The molecular weight excluding hydrogens is 527 g/mol. The Hall–Kier alpha value is -1.15. The van der Waals surface area contributed by atoms with Crippen molar-refractivity contribution in [2.24, 2.45) is 0 Å². The van der Waals surface area contributed by atoms with Gasteiger partial charge in [0.05, 0.1) is 15.1 Å². The molecule has 1 aliphatic rings. The number of hydrogen-bond donors (Lipinski definition) is 1. The SMILES string of the molecule is CC(=O)NCc1ccc(N2CCC(c3cc(Cl)c(Cl)c(Cl)c3)(C(F)(F)F)C2)cc1Br. The quantitative estimate of drug-likeness (QED) is 0.432. The fourth-order valence-electron chi connectivity index (χ4n) is 3.59. The highest BCUT2D eigenvalue weighted by atomic mass is 79.9. The Labute approximate surface area is 195 Å². The molecule has 1 atom stereocenters. The molecule has 1 amide bonds. The fourth-order valence-corrected chi connectivity index (χ4v) is 4.69. The van der Waals surface area contributed by atoms with Gasteiger partial charge >= 0.3 is 6.18 Å². The molecule has 1 unspecified atom stereocenters. The molecular formula is C20H17BrCl3F3N2O. The highest BCUT2D eigenvalue weighted by Gasteiger charge is 2.59. The minimum Gasteiger partial charge on any atom is -0.370 e. The van der Waals surface area contributed by atoms with Gasteiger partial charge in [0.2, 0.25) is 5.91 Å². The maximum Gasteiger partial charge on any atom is 0.400 e. The Bertz CT molecular complexity index is 963. The third-order valence-corrected chi connectivity index (χ3v) is 7.21. The average molecular weight is 545 g/mol. The van der Waals surface area contributed by atoms with E-state index >= 15 is 0 Å². The van der Waals surface area contributed by atoms with E-state index in [9.17, 15) is 18.0 Å². The molecule has 1 fully saturated rings. The summed E-state index contributed by atoms with van der Waals surface area (Å²) in [5.74, 6) is -0.166. The van der Waals surface area contributed by atoms with Crippen LogP contribution in [0.25, 0.3) is 0 Å². The molecule has 1 aliphatic heterocycles. The summed E-state index contributed by atoms with van der Waals surface area (Å²) in [5.41, 5.74) is -0.651. The zero-order chi connectivity index (χ0) is 22.3. The molecule has 1 heterocycles. The van der Waals surface area contributed by atoms with Gasteiger partial charge in [-0.15, -0.1) is 0 Å². The number of hydrogen-bond acceptors (Lipinski definition) is 2. The predicted molar refractivity (Wildman–Crippen MR) is 118 cm³/mol. The van der Waals surface area contributed by atoms with E-state index in [-0.39, 0.29) is 46.0 Å². The number of nitrogens with zero attached hydrogens (tertiary/aromatic N) is 1. The summed E-state index contributed by atoms with van der Waals surface area (Å²) in [6.07, 6.45) is -4.65. The summed E-state index contributed by atoms with van der Waals surface area (Å²) in [6.45, 7) is 1.67. The van der Waals surface area contributed by atoms with Crippen LogP contribution in [0.4, 0.5) is 18.9 Å². The largest absolute Gasteiger partial charge is 0.400 e. The average Bonchev–Trinajstić information content (AvgIpc) is 3.11. The zero-order valence-corrected chi connectivity index (χ0v) is 19.6. The van der Waals surface area contributed by atoms with Crippen LogP contribution in [0, 0.1) is 0 Å². The standard InChI is InChI=1S/C20H17BrCl3F3N2O/c1-11(30)28-9-12-2-3-14(8-15(12)21)29-5-4-19(10-29,20(25,26)27)13-6-16(22)18(24)17(23)7-13/h2-3,6-8H,4-5,9-10H2,1H3,(H,28,30). The van der Waals surface area contributed by atoms with Crippen LogP contribution in [0.2, 0.25) is 15.1 Å². The normalized spacial score (nSPS) is 19.3. The number of carbonyl (C=O) groups excluding carboxylic acids is 1. The van der Waals surface area contributed by atoms with E-state index in [1.165, 1.54) is 19.1 Å². The van der Waals surface area contributed by atoms with E-state index in [1.807, 2.05) is 0 Å². The van der Waals surface area contributed by atoms with Crippen LogP contribution >= 0.6 is 50.7 Å². The number of nitrogens with one attached hydrogen (secondary N) is 1. The van der Waals surface area contributed by atoms with Crippen molar-refractivity contribution in [2.75, 3.05) is 18.0 Å². The van der Waals surface area contributed by atoms with Gasteiger partial charge in [-0.2, -0.15) is 13.2 Å². The van der Waals surface area contributed by atoms with Crippen LogP contribution in [0.5, 0.6) is 0 Å². The molecule has 0 spiro atoms. The summed E-state index contributed by atoms with van der Waals surface area (Å²) in [6, 6.07) is 7.78. The van der Waals surface area contributed by atoms with Gasteiger partial charge in [0, 0.05) is 36.7 Å². The van der Waals surface area contributed by atoms with Gasteiger partial charge in [-0.1, -0.05) is 56.8 Å². The summed E-state index contributed by atoms with van der Waals surface area (Å²) in [5, 5.41) is 2.71. The summed E-state index contributed by atoms with van der Waals surface area (Å²) in [7, 11) is 0. The van der Waals surface area contributed by atoms with Crippen LogP contribution in [0.1, 0.15) is 24.5 Å². The van der Waals surface area contributed by atoms with Crippen molar-refractivity contribution < 1.29 is 18.0 Å². The van der Waals surface area contributed by atoms with Crippen molar-refractivity contribution in [3.63, 3.8) is 0 Å². The number of rotatable bonds is 4. The van der Waals surface area contributed by atoms with Gasteiger partial charge in [-0.05, 0) is 41.8 Å². The molecule has 0 aliphatic carbocycles. The molecule has 1 N–H and O–H groups in total. The van der Waals surface area contributed by atoms with Crippen LogP contribution < -0.4 is 10.2 Å². The van der Waals surface area contributed by atoms with Crippen molar-refractivity contribution >= 4 is 62.3 Å². The van der Waals surface area contributed by atoms with E-state index < -0.39 is 11.6 Å². The maximum atomic E-state index is 14.3. The summed E-state index contributed by atoms with van der Waals surface area (Å²) >= 11 is 21.4. The third kappa shape index (κ3) is 4.54. The smallest absolute Gasteiger partial charge is 0.370 e. The molecule has 0 radical (unpaired) electrons. The maximum absolute atomic E-state index is 14.3. The lowest BCUT2D eigenvalue weighted by molar-refractivity contribution is -0.184. The van der Waals surface area contributed by atoms with Crippen LogP contribution in [-0.2, 0) is 16.8 Å². The molecule has 30 heavy (non-hydrogen) atoms. The lowest BCUT2D eigenvalue weighted by atomic mass is 9.79. The highest BCUT2D eigenvalue weighted by molar-refractivity contribution is 9.10. The molecule has 162 valence electrons. The topological polar surface area (TPSA) is 32.3 Å². The van der Waals surface area contributed by atoms with Gasteiger partial charge in [0.25, 0.3) is 0 Å². The Morgan fingerprint density at radius 2 is 1.83 bits per heavy atom. The minimum atomic E-state index is -4.51. The Morgan fingerprint density at radius 1 is 1.20 bits per heavy atom. The van der Waals surface area contributed by atoms with Gasteiger partial charge in [0.1, 0.15) is 5.41 Å². The molecule has 2 aromatic rings. The van der Waals surface area contributed by atoms with Crippen LogP contribution in [-0.4, -0.2) is 25.2 Å². The van der Waals surface area contributed by atoms with E-state index in [0.29, 0.717) is 16.7 Å². The van der Waals surface area contributed by atoms with E-state index in [4.69, 9.17) is 34.8 Å². The molecule has 3 nitrogen and oxygen atoms in total. The Balaban J connectivity index is 1.93. The minimum absolute atomic E-state index is 0.00163. The fraction of sp³-hybridized carbons (Fsp3) is 0.350. The first kappa shape index (κ1) is 23.5. The van der Waals surface area contributed by atoms with E-state index in [2.05, 4.69) is 21.2 Å². The summed E-state index contributed by atoms with van der Waals surface area (Å²) in [4.78, 5) is 12.8. The van der Waals surface area contributed by atoms with Crippen LogP contribution in [0.3, 0.4) is 0 Å². The van der Waals surface area contributed by atoms with E-state index in [0.717, 1.165) is 5.56 Å². The predicted octanol–water partition coefficient (Wildman–Crippen LogP) is 6.76. The first-order valence-electron chi connectivity index (χ1n) is 8.94. The van der Waals surface area contributed by atoms with Crippen molar-refractivity contribution in [2.45, 2.75) is 31.5 Å². The molecule has 3 rings (SSSR count). The number of anilines is 1. The number of halogens is 7. The second-order valence-corrected chi connectivity index (χ2v) is 9.24. The Morgan fingerprint density at radius 3 is 2.37 bits per heavy atom. The van der Waals surface area contributed by atoms with Gasteiger partial charge < -0.3 is 10.2 Å². The molecule has 10 heteroatoms. The third-order valence-electron chi connectivity index (χ3n) is 5.28. The number of alkyl halides is 3. The first-order valence-corrected chi connectivity index (χ1v) is 10.9. The van der Waals surface area contributed by atoms with Crippen molar-refractivity contribution in [1.29, 1.82) is 0 Å². The zero-order valence-electron chi connectivity index (χ0n) is 15.7. The van der Waals surface area contributed by atoms with Gasteiger partial charge in [-0.3, -0.25) is 4.79 Å². The van der Waals surface area contributed by atoms with Gasteiger partial charge in [0.15, 0.2) is 0 Å². The van der Waals surface area contributed by atoms with Crippen molar-refractivity contribution in [1.82, 2.24) is 5.32 Å². The molecule has 0 aromatic heterocycles. The lowest BCUT2D eigenvalue weighted by Crippen LogP contribution is -2.44.